The van der Waals surface area contributed by atoms with E-state index in [4.69, 9.17) is 0 Å². The summed E-state index contributed by atoms with van der Waals surface area (Å²) in [6, 6.07) is 6.29. The smallest absolute Gasteiger partial charge is 0.219 e. The van der Waals surface area contributed by atoms with Crippen LogP contribution in [0.5, 0.6) is 0 Å². The Labute approximate surface area is 132 Å². The number of Topliss-reactive ketones (excluding diaryl/α,β-unsaturated/α-hetero) is 1. The second kappa shape index (κ2) is 5.88. The van der Waals surface area contributed by atoms with Gasteiger partial charge in [0.2, 0.25) is 5.78 Å². The number of ketones is 1. The molecule has 2 N–H and O–H groups in total. The number of hydrogen-bond acceptors (Lipinski definition) is 1. The van der Waals surface area contributed by atoms with Crippen molar-refractivity contribution in [3.63, 3.8) is 0 Å². The molecule has 1 aliphatic heterocycles. The van der Waals surface area contributed by atoms with Crippen LogP contribution >= 0.6 is 0 Å². The molecule has 1 saturated heterocycles. The van der Waals surface area contributed by atoms with Gasteiger partial charge in [-0.15, -0.1) is 0 Å². The second-order valence-corrected chi connectivity index (χ2v) is 7.38. The SMILES string of the molecule is Cc1ccc2c(C(=O)C[NH+]3C[C@H](C)C[C@H](C)C3)c(C)[nH]c2c1. The van der Waals surface area contributed by atoms with Gasteiger partial charge in [0.15, 0.2) is 0 Å². The third-order valence-electron chi connectivity index (χ3n) is 4.91. The van der Waals surface area contributed by atoms with Crippen molar-refractivity contribution >= 4 is 16.7 Å². The number of carbonyl (C=O) groups excluding carboxylic acids is 1. The first-order valence-corrected chi connectivity index (χ1v) is 8.39. The third-order valence-corrected chi connectivity index (χ3v) is 4.91. The first-order chi connectivity index (χ1) is 10.4. The molecule has 2 heterocycles. The highest BCUT2D eigenvalue weighted by atomic mass is 16.1. The van der Waals surface area contributed by atoms with Gasteiger partial charge in [-0.2, -0.15) is 0 Å². The molecule has 2 aromatic rings. The van der Waals surface area contributed by atoms with Gasteiger partial charge in [0, 0.05) is 28.4 Å². The summed E-state index contributed by atoms with van der Waals surface area (Å²) in [5.74, 6) is 1.72. The fraction of sp³-hybridized carbons (Fsp3) is 0.526. The van der Waals surface area contributed by atoms with Crippen LogP contribution < -0.4 is 4.90 Å². The van der Waals surface area contributed by atoms with Crippen LogP contribution in [0.2, 0.25) is 0 Å². The standard InChI is InChI=1S/C19H26N2O/c1-12-5-6-16-17(8-12)20-15(4)19(16)18(22)11-21-9-13(2)7-14(3)10-21/h5-6,8,13-14,20H,7,9-11H2,1-4H3/p+1/t13-,14+. The molecule has 3 heteroatoms. The van der Waals surface area contributed by atoms with E-state index in [1.807, 2.05) is 6.92 Å². The summed E-state index contributed by atoms with van der Waals surface area (Å²) in [6.45, 7) is 11.6. The van der Waals surface area contributed by atoms with Crippen LogP contribution in [-0.4, -0.2) is 30.4 Å². The highest BCUT2D eigenvalue weighted by molar-refractivity contribution is 6.09. The normalized spacial score (nSPS) is 25.5. The van der Waals surface area contributed by atoms with Crippen LogP contribution in [-0.2, 0) is 0 Å². The van der Waals surface area contributed by atoms with Gasteiger partial charge < -0.3 is 9.88 Å². The zero-order valence-electron chi connectivity index (χ0n) is 14.1. The zero-order chi connectivity index (χ0) is 15.9. The van der Waals surface area contributed by atoms with Gasteiger partial charge in [-0.05, 0) is 31.9 Å². The van der Waals surface area contributed by atoms with Gasteiger partial charge in [-0.3, -0.25) is 4.79 Å². The highest BCUT2D eigenvalue weighted by Crippen LogP contribution is 2.23. The number of fused-ring (bicyclic) bond motifs is 1. The van der Waals surface area contributed by atoms with Crippen LogP contribution in [0.4, 0.5) is 0 Å². The number of likely N-dealkylation sites (tertiary alicyclic amines) is 1. The molecule has 1 fully saturated rings. The molecule has 118 valence electrons. The minimum atomic E-state index is 0.281. The number of piperidine rings is 1. The molecule has 0 aliphatic carbocycles. The van der Waals surface area contributed by atoms with E-state index in [9.17, 15) is 4.79 Å². The van der Waals surface area contributed by atoms with Crippen LogP contribution in [0.25, 0.3) is 10.9 Å². The number of rotatable bonds is 3. The zero-order valence-corrected chi connectivity index (χ0v) is 14.1. The lowest BCUT2D eigenvalue weighted by Gasteiger charge is -2.31. The fourth-order valence-electron chi connectivity index (χ4n) is 4.19. The summed E-state index contributed by atoms with van der Waals surface area (Å²) in [5.41, 5.74) is 4.20. The monoisotopic (exact) mass is 299 g/mol. The van der Waals surface area contributed by atoms with Crippen molar-refractivity contribution in [2.75, 3.05) is 19.6 Å². The number of quaternary nitrogens is 1. The van der Waals surface area contributed by atoms with Gasteiger partial charge >= 0.3 is 0 Å². The number of nitrogens with one attached hydrogen (secondary N) is 2. The van der Waals surface area contributed by atoms with Gasteiger partial charge in [0.05, 0.1) is 18.7 Å². The molecule has 0 radical (unpaired) electrons. The molecular weight excluding hydrogens is 272 g/mol. The molecule has 1 aromatic carbocycles. The topological polar surface area (TPSA) is 37.3 Å². The van der Waals surface area contributed by atoms with Crippen molar-refractivity contribution < 1.29 is 9.69 Å². The second-order valence-electron chi connectivity index (χ2n) is 7.38. The van der Waals surface area contributed by atoms with Crippen molar-refractivity contribution in [3.05, 3.63) is 35.0 Å². The van der Waals surface area contributed by atoms with Gasteiger partial charge in [0.1, 0.15) is 6.54 Å². The van der Waals surface area contributed by atoms with Gasteiger partial charge in [-0.25, -0.2) is 0 Å². The molecule has 22 heavy (non-hydrogen) atoms. The lowest BCUT2D eigenvalue weighted by Crippen LogP contribution is -3.15. The Morgan fingerprint density at radius 3 is 2.59 bits per heavy atom. The van der Waals surface area contributed by atoms with E-state index < -0.39 is 0 Å². The van der Waals surface area contributed by atoms with E-state index in [1.165, 1.54) is 16.9 Å². The minimum Gasteiger partial charge on any atom is -0.358 e. The van der Waals surface area contributed by atoms with Crippen molar-refractivity contribution in [2.45, 2.75) is 34.1 Å². The molecule has 1 aromatic heterocycles. The summed E-state index contributed by atoms with van der Waals surface area (Å²) in [6.07, 6.45) is 1.29. The molecule has 1 aliphatic rings. The first kappa shape index (κ1) is 15.3. The summed E-state index contributed by atoms with van der Waals surface area (Å²) >= 11 is 0. The Kier molecular flexibility index (Phi) is 4.09. The molecule has 0 amide bonds. The predicted molar refractivity (Wildman–Crippen MR) is 90.6 cm³/mol. The summed E-state index contributed by atoms with van der Waals surface area (Å²) < 4.78 is 0. The maximum absolute atomic E-state index is 12.9. The number of carbonyl (C=O) groups is 1. The molecule has 3 nitrogen and oxygen atoms in total. The van der Waals surface area contributed by atoms with Crippen molar-refractivity contribution in [1.29, 1.82) is 0 Å². The number of H-pyrrole nitrogens is 1. The van der Waals surface area contributed by atoms with Crippen LogP contribution in [0.3, 0.4) is 0 Å². The van der Waals surface area contributed by atoms with E-state index in [-0.39, 0.29) is 5.78 Å². The quantitative estimate of drug-likeness (QED) is 0.840. The average Bonchev–Trinajstić information content (AvgIpc) is 2.72. The molecule has 3 rings (SSSR count). The number of aromatic nitrogens is 1. The molecule has 3 atom stereocenters. The average molecular weight is 299 g/mol. The summed E-state index contributed by atoms with van der Waals surface area (Å²) in [5, 5.41) is 1.07. The van der Waals surface area contributed by atoms with E-state index >= 15 is 0 Å². The summed E-state index contributed by atoms with van der Waals surface area (Å²) in [7, 11) is 0. The van der Waals surface area contributed by atoms with Crippen molar-refractivity contribution in [3.8, 4) is 0 Å². The highest BCUT2D eigenvalue weighted by Gasteiger charge is 2.28. The lowest BCUT2D eigenvalue weighted by molar-refractivity contribution is -0.903. The van der Waals surface area contributed by atoms with Crippen LogP contribution in [0.1, 0.15) is 41.9 Å². The Hall–Kier alpha value is -1.61. The molecular formula is C19H27N2O+. The van der Waals surface area contributed by atoms with Gasteiger partial charge in [0.25, 0.3) is 0 Å². The minimum absolute atomic E-state index is 0.281. The Morgan fingerprint density at radius 1 is 1.23 bits per heavy atom. The lowest BCUT2D eigenvalue weighted by atomic mass is 9.91. The van der Waals surface area contributed by atoms with E-state index in [2.05, 4.69) is 44.0 Å². The Morgan fingerprint density at radius 2 is 1.91 bits per heavy atom. The number of aryl methyl sites for hydroxylation is 2. The van der Waals surface area contributed by atoms with Crippen LogP contribution in [0, 0.1) is 25.7 Å². The summed E-state index contributed by atoms with van der Waals surface area (Å²) in [4.78, 5) is 17.7. The predicted octanol–water partition coefficient (Wildman–Crippen LogP) is 2.53. The molecule has 0 bridgehead atoms. The number of aromatic amines is 1. The first-order valence-electron chi connectivity index (χ1n) is 8.39. The molecule has 1 unspecified atom stereocenters. The Bertz CT molecular complexity index is 691. The third kappa shape index (κ3) is 2.95. The largest absolute Gasteiger partial charge is 0.358 e. The number of hydrogen-bond donors (Lipinski definition) is 2. The van der Waals surface area contributed by atoms with Crippen LogP contribution in [0.15, 0.2) is 18.2 Å². The number of benzene rings is 1. The maximum atomic E-state index is 12.9. The van der Waals surface area contributed by atoms with E-state index in [1.54, 1.807) is 0 Å². The van der Waals surface area contributed by atoms with E-state index in [0.717, 1.165) is 47.1 Å². The molecule has 0 saturated carbocycles. The van der Waals surface area contributed by atoms with E-state index in [0.29, 0.717) is 6.54 Å². The Balaban J connectivity index is 1.84. The molecule has 0 spiro atoms. The fourth-order valence-corrected chi connectivity index (χ4v) is 4.19. The van der Waals surface area contributed by atoms with Gasteiger partial charge in [-0.1, -0.05) is 26.0 Å². The van der Waals surface area contributed by atoms with Crippen molar-refractivity contribution in [2.24, 2.45) is 11.8 Å². The maximum Gasteiger partial charge on any atom is 0.219 e. The van der Waals surface area contributed by atoms with Crippen molar-refractivity contribution in [1.82, 2.24) is 4.98 Å².